The molecular weight excluding hydrogens is 544 g/mol. The SMILES string of the molecule is CS(C)(C)(C)(C)c1c(F)cc(NC(=O)C2c3ccc4c(c3CCN2C(=O)N2CC(CC(=O)O)C2)OCO4)cc1F. The molecule has 2 aromatic rings. The van der Waals surface area contributed by atoms with Crippen molar-refractivity contribution in [3.05, 3.63) is 47.0 Å². The molecule has 12 heteroatoms. The molecule has 0 saturated carbocycles. The van der Waals surface area contributed by atoms with Crippen molar-refractivity contribution in [3.8, 4) is 11.5 Å². The minimum absolute atomic E-state index is 0.000717. The highest BCUT2D eigenvalue weighted by atomic mass is 32.4. The van der Waals surface area contributed by atoms with Crippen LogP contribution in [0.5, 0.6) is 11.5 Å². The summed E-state index contributed by atoms with van der Waals surface area (Å²) in [5.41, 5.74) is 1.21. The fraction of sp³-hybridized carbons (Fsp3) is 0.464. The highest BCUT2D eigenvalue weighted by molar-refractivity contribution is 8.62. The molecule has 0 aliphatic carbocycles. The quantitative estimate of drug-likeness (QED) is 0.551. The van der Waals surface area contributed by atoms with Gasteiger partial charge < -0.3 is 29.7 Å². The van der Waals surface area contributed by atoms with Crippen molar-refractivity contribution in [2.75, 3.05) is 63.0 Å². The fourth-order valence-corrected chi connectivity index (χ4v) is 7.75. The highest BCUT2D eigenvalue weighted by Crippen LogP contribution is 2.82. The van der Waals surface area contributed by atoms with Crippen LogP contribution in [0.1, 0.15) is 23.6 Å². The number of nitrogens with one attached hydrogen (secondary N) is 1. The minimum atomic E-state index is -3.24. The van der Waals surface area contributed by atoms with E-state index in [1.807, 2.05) is 31.3 Å². The molecule has 1 atom stereocenters. The van der Waals surface area contributed by atoms with Gasteiger partial charge in [0, 0.05) is 41.7 Å². The summed E-state index contributed by atoms with van der Waals surface area (Å²) in [7, 11) is -3.24. The number of carboxylic acids is 1. The smallest absolute Gasteiger partial charge is 0.320 e. The Morgan fingerprint density at radius 1 is 1.05 bits per heavy atom. The number of carbonyl (C=O) groups is 3. The number of hydrogen-bond acceptors (Lipinski definition) is 5. The maximum atomic E-state index is 15.4. The number of urea groups is 1. The fourth-order valence-electron chi connectivity index (χ4n) is 5.68. The third-order valence-corrected chi connectivity index (χ3v) is 9.79. The summed E-state index contributed by atoms with van der Waals surface area (Å²) in [6.45, 7) is 0.773. The summed E-state index contributed by atoms with van der Waals surface area (Å²) in [5.74, 6) is -2.15. The van der Waals surface area contributed by atoms with E-state index in [9.17, 15) is 14.4 Å². The van der Waals surface area contributed by atoms with Crippen LogP contribution in [0.4, 0.5) is 19.3 Å². The summed E-state index contributed by atoms with van der Waals surface area (Å²) < 4.78 is 41.9. The third-order valence-electron chi connectivity index (χ3n) is 7.36. The number of carboxylic acid groups (broad SMARTS) is 1. The Bertz CT molecular complexity index is 1410. The number of fused-ring (bicyclic) bond motifs is 3. The molecule has 1 fully saturated rings. The molecule has 40 heavy (non-hydrogen) atoms. The van der Waals surface area contributed by atoms with Gasteiger partial charge in [0.1, 0.15) is 17.7 Å². The largest absolute Gasteiger partial charge is 0.481 e. The Morgan fingerprint density at radius 2 is 1.70 bits per heavy atom. The van der Waals surface area contributed by atoms with E-state index in [0.717, 1.165) is 17.7 Å². The molecule has 3 aliphatic heterocycles. The number of amides is 3. The Balaban J connectivity index is 1.47. The molecule has 0 aromatic heterocycles. The van der Waals surface area contributed by atoms with Crippen LogP contribution in [0, 0.1) is 17.6 Å². The maximum absolute atomic E-state index is 15.4. The Kier molecular flexibility index (Phi) is 6.11. The van der Waals surface area contributed by atoms with Crippen molar-refractivity contribution in [2.24, 2.45) is 5.92 Å². The first-order chi connectivity index (χ1) is 18.4. The molecule has 3 aliphatic rings. The predicted octanol–water partition coefficient (Wildman–Crippen LogP) is 4.14. The van der Waals surface area contributed by atoms with Crippen molar-refractivity contribution < 1.29 is 37.7 Å². The van der Waals surface area contributed by atoms with E-state index in [-0.39, 0.29) is 49.3 Å². The van der Waals surface area contributed by atoms with Gasteiger partial charge in [-0.25, -0.2) is 13.6 Å². The lowest BCUT2D eigenvalue weighted by atomic mass is 9.90. The zero-order valence-corrected chi connectivity index (χ0v) is 24.1. The first-order valence-electron chi connectivity index (χ1n) is 12.9. The van der Waals surface area contributed by atoms with Crippen molar-refractivity contribution >= 4 is 31.9 Å². The lowest BCUT2D eigenvalue weighted by Gasteiger charge is -2.66. The number of hydrogen-bond donors (Lipinski definition) is 2. The normalized spacial score (nSPS) is 20.2. The van der Waals surface area contributed by atoms with Crippen LogP contribution in [0.25, 0.3) is 0 Å². The minimum Gasteiger partial charge on any atom is -0.481 e. The average molecular weight is 580 g/mol. The predicted molar refractivity (Wildman–Crippen MR) is 149 cm³/mol. The number of ether oxygens (including phenoxy) is 2. The van der Waals surface area contributed by atoms with Crippen molar-refractivity contribution in [3.63, 3.8) is 0 Å². The first-order valence-corrected chi connectivity index (χ1v) is 17.4. The highest BCUT2D eigenvalue weighted by Gasteiger charge is 2.45. The summed E-state index contributed by atoms with van der Waals surface area (Å²) in [6, 6.07) is 4.08. The molecule has 1 saturated heterocycles. The van der Waals surface area contributed by atoms with Crippen molar-refractivity contribution in [1.82, 2.24) is 9.80 Å². The van der Waals surface area contributed by atoms with Gasteiger partial charge in [-0.05, 0) is 61.5 Å². The molecule has 3 amide bonds. The summed E-state index contributed by atoms with van der Waals surface area (Å²) in [4.78, 5) is 41.3. The second kappa shape index (κ2) is 8.73. The van der Waals surface area contributed by atoms with E-state index in [0.29, 0.717) is 23.5 Å². The number of benzene rings is 2. The van der Waals surface area contributed by atoms with E-state index >= 15 is 8.78 Å². The number of likely N-dealkylation sites (tertiary alicyclic amines) is 1. The van der Waals surface area contributed by atoms with Gasteiger partial charge in [-0.15, -0.1) is 0 Å². The molecule has 5 rings (SSSR count). The number of aliphatic carboxylic acids is 1. The molecule has 218 valence electrons. The Morgan fingerprint density at radius 3 is 2.30 bits per heavy atom. The van der Waals surface area contributed by atoms with Gasteiger partial charge in [0.25, 0.3) is 5.91 Å². The molecule has 0 radical (unpaired) electrons. The molecule has 1 unspecified atom stereocenters. The number of halogens is 2. The molecule has 3 heterocycles. The van der Waals surface area contributed by atoms with E-state index in [1.54, 1.807) is 12.1 Å². The Labute approximate surface area is 230 Å². The summed E-state index contributed by atoms with van der Waals surface area (Å²) in [5, 5.41) is 11.7. The monoisotopic (exact) mass is 579 g/mol. The van der Waals surface area contributed by atoms with E-state index in [4.69, 9.17) is 14.6 Å². The van der Waals surface area contributed by atoms with Crippen LogP contribution in [0.2, 0.25) is 0 Å². The van der Waals surface area contributed by atoms with Gasteiger partial charge in [0.2, 0.25) is 6.79 Å². The number of rotatable bonds is 5. The molecule has 0 bridgehead atoms. The van der Waals surface area contributed by atoms with Gasteiger partial charge in [-0.3, -0.25) is 17.9 Å². The zero-order chi connectivity index (χ0) is 29.3. The van der Waals surface area contributed by atoms with E-state index in [1.165, 1.54) is 9.80 Å². The van der Waals surface area contributed by atoms with Crippen LogP contribution in [0.15, 0.2) is 29.2 Å². The topological polar surface area (TPSA) is 108 Å². The molecular formula is C28H35F2N3O6S. The van der Waals surface area contributed by atoms with Gasteiger partial charge in [0.15, 0.2) is 11.5 Å². The molecule has 2 aromatic carbocycles. The van der Waals surface area contributed by atoms with Gasteiger partial charge in [0.05, 0.1) is 6.42 Å². The van der Waals surface area contributed by atoms with Crippen molar-refractivity contribution in [1.29, 1.82) is 0 Å². The van der Waals surface area contributed by atoms with Gasteiger partial charge in [-0.2, -0.15) is 0 Å². The molecule has 0 spiro atoms. The lowest BCUT2D eigenvalue weighted by molar-refractivity contribution is -0.139. The van der Waals surface area contributed by atoms with Crippen LogP contribution in [-0.4, -0.2) is 90.5 Å². The Hall–Kier alpha value is -3.54. The summed E-state index contributed by atoms with van der Waals surface area (Å²) >= 11 is 0. The standard InChI is InChI=1S/C28H35F2N3O6S/c1-40(2,3,4,5)26-20(29)11-17(12-21(26)30)31-27(36)24-18-6-7-22-25(39-15-38-22)19(18)8-9-33(24)28(37)32-13-16(14-32)10-23(34)35/h6-7,11-12,16,24H,8-10,13-15H2,1-5H3,(H,31,36)(H,34,35). The maximum Gasteiger partial charge on any atom is 0.320 e. The van der Waals surface area contributed by atoms with E-state index in [2.05, 4.69) is 5.32 Å². The lowest BCUT2D eigenvalue weighted by Crippen LogP contribution is -2.58. The summed E-state index contributed by atoms with van der Waals surface area (Å²) in [6.07, 6.45) is 9.62. The molecule has 2 N–H and O–H groups in total. The number of carbonyl (C=O) groups excluding carboxylic acids is 2. The molecule has 9 nitrogen and oxygen atoms in total. The first kappa shape index (κ1) is 28.0. The van der Waals surface area contributed by atoms with Gasteiger partial charge in [-0.1, -0.05) is 6.07 Å². The number of anilines is 1. The zero-order valence-electron chi connectivity index (χ0n) is 23.3. The van der Waals surface area contributed by atoms with Crippen LogP contribution in [0.3, 0.4) is 0 Å². The van der Waals surface area contributed by atoms with Crippen LogP contribution >= 0.6 is 8.29 Å². The second-order valence-electron chi connectivity index (χ2n) is 13.7. The second-order valence-corrected chi connectivity index (χ2v) is 24.3. The van der Waals surface area contributed by atoms with Gasteiger partial charge >= 0.3 is 12.0 Å². The van der Waals surface area contributed by atoms with Crippen LogP contribution in [-0.2, 0) is 16.0 Å². The van der Waals surface area contributed by atoms with Crippen molar-refractivity contribution in [2.45, 2.75) is 23.8 Å². The average Bonchev–Trinajstić information content (AvgIpc) is 3.26. The third kappa shape index (κ3) is 5.16. The van der Waals surface area contributed by atoms with E-state index < -0.39 is 43.9 Å². The van der Waals surface area contributed by atoms with Crippen LogP contribution < -0.4 is 14.8 Å². The number of nitrogens with zero attached hydrogens (tertiary/aromatic N) is 2.